The van der Waals surface area contributed by atoms with E-state index in [2.05, 4.69) is 122 Å². The van der Waals surface area contributed by atoms with Gasteiger partial charge in [-0.25, -0.2) is 35.1 Å². The number of alkyl halides is 1. The van der Waals surface area contributed by atoms with Gasteiger partial charge in [-0.1, -0.05) is 18.2 Å². The zero-order chi connectivity index (χ0) is 82.4. The van der Waals surface area contributed by atoms with Gasteiger partial charge in [-0.3, -0.25) is 20.4 Å². The van der Waals surface area contributed by atoms with Crippen LogP contribution >= 0.6 is 0 Å². The molecule has 119 heavy (non-hydrogen) atoms. The minimum absolute atomic E-state index is 0.0150. The van der Waals surface area contributed by atoms with Crippen LogP contribution in [-0.2, 0) is 0 Å². The van der Waals surface area contributed by atoms with Gasteiger partial charge >= 0.3 is 0 Å². The Hall–Kier alpha value is -13.3. The molecule has 4 aliphatic carbocycles. The highest BCUT2D eigenvalue weighted by Gasteiger charge is 2.41. The summed E-state index contributed by atoms with van der Waals surface area (Å²) in [5, 5.41) is 71.4. The van der Waals surface area contributed by atoms with Crippen LogP contribution in [0.2, 0.25) is 0 Å². The van der Waals surface area contributed by atoms with E-state index in [9.17, 15) is 50.4 Å². The fourth-order valence-electron chi connectivity index (χ4n) is 15.0. The molecule has 4 saturated carbocycles. The second-order valence-corrected chi connectivity index (χ2v) is 30.4. The Kier molecular flexibility index (Phi) is 21.7. The van der Waals surface area contributed by atoms with Gasteiger partial charge in [0.25, 0.3) is 0 Å². The molecule has 4 saturated heterocycles. The molecular formula is C76H80F8N32O3. The first-order valence-corrected chi connectivity index (χ1v) is 38.6. The lowest BCUT2D eigenvalue weighted by Gasteiger charge is -2.25. The number of aliphatic hydroxyl groups is 3. The molecular weight excluding hydrogens is 1560 g/mol. The Morgan fingerprint density at radius 3 is 0.975 bits per heavy atom. The molecule has 8 aliphatic rings. The minimum Gasteiger partial charge on any atom is -0.391 e. The first kappa shape index (κ1) is 78.2. The molecule has 0 spiro atoms. The quantitative estimate of drug-likeness (QED) is 0.0315. The fraction of sp³-hybridized carbons (Fsp3) is 0.368. The summed E-state index contributed by atoms with van der Waals surface area (Å²) in [6.07, 6.45) is 6.82. The number of hydrogen-bond donors (Lipinski definition) is 15. The van der Waals surface area contributed by atoms with Crippen LogP contribution in [0.15, 0.2) is 103 Å². The molecule has 8 aromatic heterocycles. The van der Waals surface area contributed by atoms with Gasteiger partial charge < -0.3 is 79.1 Å². The monoisotopic (exact) mass is 1640 g/mol. The third kappa shape index (κ3) is 18.6. The topological polar surface area (TPSA) is 495 Å². The van der Waals surface area contributed by atoms with E-state index < -0.39 is 77.5 Å². The van der Waals surface area contributed by atoms with Crippen LogP contribution in [0.5, 0.6) is 0 Å². The van der Waals surface area contributed by atoms with Crippen LogP contribution < -0.4 is 63.8 Å². The number of aromatic nitrogens is 20. The molecule has 0 radical (unpaired) electrons. The summed E-state index contributed by atoms with van der Waals surface area (Å²) >= 11 is 0. The standard InChI is InChI=1S/C19H19F3N8.2C19H20F2N8O.C19H21FN8O/c20-10-3-4-13(22)12(5-10)15-6-11(21)8-30(15)19-26-17(23)25-18(27-19)24-16-7-14(28-29-16)9-1-2-9;20-10-3-4-13(21)12(5-10)15-6-11(30)8-29(15)19-25-17(22)24-18(26-19)23-16-7-14(27-28-16)9-1-2-9;20-10-3-4-12(13(21)5-10)15-6-11(30)8-29(15)19-25-17(22)24-18(26-19)23-16-7-14(27-28-16)9-1-2-9;20-12-5-3-11(4-6-12)15-7-13(29)9-28(15)19-24-17(21)23-18(25-19)22-16-8-14(26-27-16)10-1-2-10/h3-5,7,9,11,15H,1-2,6,8H2,(H4,23,24,25,26,27,28,29);2*3-5,7,9,11,15,30H,1-2,6,8H2,(H4,22,23,24,25,26,27,28);3-6,8,10,13,15,29H,1-2,7,9H2,(H4,21,22,23,24,25,26,27). The lowest BCUT2D eigenvalue weighted by atomic mass is 10.0. The number of rotatable bonds is 20. The van der Waals surface area contributed by atoms with E-state index in [1.165, 1.54) is 42.0 Å². The largest absolute Gasteiger partial charge is 0.391 e. The molecule has 8 unspecified atom stereocenters. The predicted octanol–water partition coefficient (Wildman–Crippen LogP) is 10.4. The number of aromatic amines is 4. The number of nitrogen functional groups attached to an aromatic ring is 4. The molecule has 12 heterocycles. The van der Waals surface area contributed by atoms with Crippen LogP contribution in [-0.4, -0.2) is 167 Å². The molecule has 4 aliphatic heterocycles. The number of anilines is 16. The van der Waals surface area contributed by atoms with Gasteiger partial charge in [-0.15, -0.1) is 0 Å². The van der Waals surface area contributed by atoms with Gasteiger partial charge in [0, 0.05) is 120 Å². The number of H-pyrrole nitrogens is 4. The number of nitrogens with zero attached hydrogens (tertiary/aromatic N) is 20. The zero-order valence-corrected chi connectivity index (χ0v) is 63.2. The molecule has 20 rings (SSSR count). The number of β-amino-alcohol motifs (C(OH)–C–C–N with tert-alkyl or cyclic N) is 3. The summed E-state index contributed by atoms with van der Waals surface area (Å²) in [6.45, 7) is 0.604. The van der Waals surface area contributed by atoms with Crippen molar-refractivity contribution in [1.29, 1.82) is 0 Å². The van der Waals surface area contributed by atoms with Crippen LogP contribution in [0.4, 0.5) is 130 Å². The van der Waals surface area contributed by atoms with E-state index in [-0.39, 0.29) is 133 Å². The average molecular weight is 1640 g/mol. The van der Waals surface area contributed by atoms with Crippen molar-refractivity contribution in [2.75, 3.05) is 90.0 Å². The lowest BCUT2D eigenvalue weighted by molar-refractivity contribution is 0.193. The normalized spacial score (nSPS) is 21.3. The first-order chi connectivity index (χ1) is 57.4. The van der Waals surface area contributed by atoms with Crippen molar-refractivity contribution in [1.82, 2.24) is 101 Å². The van der Waals surface area contributed by atoms with Crippen molar-refractivity contribution in [2.24, 2.45) is 0 Å². The molecule has 4 aromatic carbocycles. The van der Waals surface area contributed by atoms with Crippen molar-refractivity contribution >= 4 is 94.7 Å². The highest BCUT2D eigenvalue weighted by atomic mass is 19.2. The van der Waals surface area contributed by atoms with Gasteiger partial charge in [0.15, 0.2) is 23.3 Å². The molecule has 35 nitrogen and oxygen atoms in total. The smallest absolute Gasteiger partial charge is 0.235 e. The van der Waals surface area contributed by atoms with Gasteiger partial charge in [0.1, 0.15) is 46.9 Å². The van der Waals surface area contributed by atoms with Gasteiger partial charge in [-0.2, -0.15) is 80.2 Å². The number of nitrogens with two attached hydrogens (primary N) is 4. The van der Waals surface area contributed by atoms with Crippen molar-refractivity contribution < 1.29 is 50.4 Å². The van der Waals surface area contributed by atoms with Gasteiger partial charge in [-0.05, 0) is 131 Å². The Labute approximate surface area is 671 Å². The maximum atomic E-state index is 14.4. The average Bonchev–Trinajstić information content (AvgIpc) is 1.75. The van der Waals surface area contributed by atoms with Gasteiger partial charge in [0.2, 0.25) is 71.4 Å². The maximum Gasteiger partial charge on any atom is 0.235 e. The Bertz CT molecular complexity index is 5460. The summed E-state index contributed by atoms with van der Waals surface area (Å²) in [6, 6.07) is 21.4. The molecule has 12 aromatic rings. The van der Waals surface area contributed by atoms with Crippen LogP contribution in [0.3, 0.4) is 0 Å². The lowest BCUT2D eigenvalue weighted by Crippen LogP contribution is -2.27. The Morgan fingerprint density at radius 2 is 0.622 bits per heavy atom. The molecule has 0 bridgehead atoms. The highest BCUT2D eigenvalue weighted by Crippen LogP contribution is 2.46. The van der Waals surface area contributed by atoms with Crippen molar-refractivity contribution in [3.05, 3.63) is 189 Å². The SMILES string of the molecule is Nc1nc(Nc2cc(C3CC3)[nH]n2)nc(N2CC(F)CC2c2cc(F)ccc2F)n1.Nc1nc(Nc2cc(C3CC3)[nH]n2)nc(N2CC(O)CC2c2cc(F)ccc2F)n1.Nc1nc(Nc2cc(C3CC3)[nH]n2)nc(N2CC(O)CC2c2ccc(F)cc2)n1.Nc1nc(Nc2cc(C3CC3)[nH]n2)nc(N2CC(O)CC2c2ccc(F)cc2F)n1. The summed E-state index contributed by atoms with van der Waals surface area (Å²) in [4.78, 5) is 57.2. The van der Waals surface area contributed by atoms with Crippen LogP contribution in [0, 0.1) is 40.7 Å². The van der Waals surface area contributed by atoms with Gasteiger partial charge in [0.05, 0.1) is 49.0 Å². The van der Waals surface area contributed by atoms with E-state index in [1.54, 1.807) is 21.9 Å². The van der Waals surface area contributed by atoms with Crippen molar-refractivity contribution in [3.63, 3.8) is 0 Å². The van der Waals surface area contributed by atoms with Crippen molar-refractivity contribution in [2.45, 2.75) is 149 Å². The molecule has 618 valence electrons. The minimum atomic E-state index is -1.25. The van der Waals surface area contributed by atoms with Crippen molar-refractivity contribution in [3.8, 4) is 0 Å². The predicted molar refractivity (Wildman–Crippen MR) is 420 cm³/mol. The van der Waals surface area contributed by atoms with E-state index in [0.717, 1.165) is 109 Å². The third-order valence-electron chi connectivity index (χ3n) is 21.3. The van der Waals surface area contributed by atoms with E-state index in [1.807, 2.05) is 29.2 Å². The number of halogens is 8. The van der Waals surface area contributed by atoms with E-state index >= 15 is 0 Å². The number of hydrogen-bond acceptors (Lipinski definition) is 31. The molecule has 8 atom stereocenters. The summed E-state index contributed by atoms with van der Waals surface area (Å²) < 4.78 is 111. The second kappa shape index (κ2) is 33.0. The molecule has 0 amide bonds. The first-order valence-electron chi connectivity index (χ1n) is 38.6. The summed E-state index contributed by atoms with van der Waals surface area (Å²) in [7, 11) is 0. The highest BCUT2D eigenvalue weighted by molar-refractivity contribution is 5.58. The van der Waals surface area contributed by atoms with E-state index in [0.29, 0.717) is 65.9 Å². The summed E-state index contributed by atoms with van der Waals surface area (Å²) in [5.74, 6) is 1.77. The number of benzene rings is 4. The van der Waals surface area contributed by atoms with Crippen LogP contribution in [0.1, 0.15) is 170 Å². The number of nitrogens with one attached hydrogen (secondary N) is 8. The Morgan fingerprint density at radius 1 is 0.319 bits per heavy atom. The summed E-state index contributed by atoms with van der Waals surface area (Å²) in [5.41, 5.74) is 29.0. The zero-order valence-electron chi connectivity index (χ0n) is 63.2. The molecule has 19 N–H and O–H groups in total. The maximum absolute atomic E-state index is 14.4. The van der Waals surface area contributed by atoms with Crippen LogP contribution in [0.25, 0.3) is 0 Å². The fourth-order valence-corrected chi connectivity index (χ4v) is 15.0. The third-order valence-corrected chi connectivity index (χ3v) is 21.3. The molecule has 8 fully saturated rings. The second-order valence-electron chi connectivity index (χ2n) is 30.4. The molecule has 43 heteroatoms. The number of aliphatic hydroxyl groups excluding tert-OH is 3. The Balaban J connectivity index is 0.000000113. The van der Waals surface area contributed by atoms with E-state index in [4.69, 9.17) is 22.9 Å².